The summed E-state index contributed by atoms with van der Waals surface area (Å²) in [7, 11) is 4.49. The van der Waals surface area contributed by atoms with Crippen LogP contribution in [0.15, 0.2) is 138 Å². The summed E-state index contributed by atoms with van der Waals surface area (Å²) in [6.07, 6.45) is -1.08. The molecule has 2 saturated heterocycles. The molecule has 2 heterocycles. The predicted molar refractivity (Wildman–Crippen MR) is 210 cm³/mol. The molecule has 0 radical (unpaired) electrons. The first-order valence-corrected chi connectivity index (χ1v) is 18.6. The number of carbonyl (C=O) groups excluding carboxylic acids is 2. The Hall–Kier alpha value is -5.10. The number of piperidine rings is 2. The summed E-state index contributed by atoms with van der Waals surface area (Å²) in [4.78, 5) is 46.5. The lowest BCUT2D eigenvalue weighted by molar-refractivity contribution is -0.147. The first-order valence-electron chi connectivity index (χ1n) is 18.2. The smallest absolute Gasteiger partial charge is 0.328 e. The molecule has 3 N–H and O–H groups in total. The van der Waals surface area contributed by atoms with Crippen molar-refractivity contribution in [1.82, 2.24) is 14.7 Å². The maximum Gasteiger partial charge on any atom is 0.328 e. The molecule has 4 unspecified atom stereocenters. The third-order valence-corrected chi connectivity index (χ3v) is 11.0. The molecule has 2 aliphatic rings. The summed E-state index contributed by atoms with van der Waals surface area (Å²) in [5.41, 5.74) is 2.42. The van der Waals surface area contributed by atoms with Gasteiger partial charge in [0.2, 0.25) is 0 Å². The van der Waals surface area contributed by atoms with Crippen LogP contribution in [0.25, 0.3) is 0 Å². The minimum Gasteiger partial charge on any atom is -0.478 e. The van der Waals surface area contributed by atoms with Gasteiger partial charge < -0.3 is 25.0 Å². The van der Waals surface area contributed by atoms with Crippen LogP contribution in [0, 0.1) is 0 Å². The zero-order valence-corrected chi connectivity index (χ0v) is 31.8. The van der Waals surface area contributed by atoms with Crippen LogP contribution in [0.5, 0.6) is 0 Å². The fraction of sp³-hybridized carbons (Fsp3) is 0.295. The van der Waals surface area contributed by atoms with E-state index in [4.69, 9.17) is 16.3 Å². The Bertz CT molecular complexity index is 1960. The number of amides is 1. The van der Waals surface area contributed by atoms with Gasteiger partial charge in [0.25, 0.3) is 5.91 Å². The van der Waals surface area contributed by atoms with Crippen LogP contribution < -0.4 is 0 Å². The zero-order valence-electron chi connectivity index (χ0n) is 31.1. The number of hydrogen-bond acceptors (Lipinski definition) is 8. The molecule has 2 fully saturated rings. The number of ether oxygens (including phenoxy) is 1. The third-order valence-electron chi connectivity index (χ3n) is 10.7. The SMILES string of the molecule is COC(=O)C(c1ccccc1Cl)N1CCC(O)C(=C(C(=O)N(C)C)C2C(=CC(=O)O)C(O)CCN2C(c2ccccc2)(c2ccccc2)c2ccccc2)C1. The van der Waals surface area contributed by atoms with Gasteiger partial charge in [0.1, 0.15) is 6.04 Å². The quantitative estimate of drug-likeness (QED) is 0.110. The van der Waals surface area contributed by atoms with Gasteiger partial charge in [-0.2, -0.15) is 0 Å². The number of carbonyl (C=O) groups is 3. The minimum atomic E-state index is -1.29. The number of methoxy groups -OCH3 is 1. The highest BCUT2D eigenvalue weighted by Gasteiger charge is 2.52. The van der Waals surface area contributed by atoms with Crippen LogP contribution in [-0.2, 0) is 24.7 Å². The van der Waals surface area contributed by atoms with Crippen molar-refractivity contribution in [2.24, 2.45) is 0 Å². The number of benzene rings is 4. The largest absolute Gasteiger partial charge is 0.478 e. The number of aliphatic hydroxyl groups excluding tert-OH is 2. The number of rotatable bonds is 10. The van der Waals surface area contributed by atoms with Gasteiger partial charge in [-0.25, -0.2) is 9.59 Å². The van der Waals surface area contributed by atoms with E-state index in [0.717, 1.165) is 22.8 Å². The second-order valence-corrected chi connectivity index (χ2v) is 14.5. The average molecular weight is 764 g/mol. The monoisotopic (exact) mass is 763 g/mol. The van der Waals surface area contributed by atoms with Crippen molar-refractivity contribution in [2.45, 2.75) is 42.7 Å². The Kier molecular flexibility index (Phi) is 12.3. The standard InChI is InChI=1S/C44H46ClN3O7/c1-46(2)42(53)39(34-28-47(25-23-37(34)50)41(43(54)55-3)32-21-13-14-22-35(32)45)40-33(27-38(51)52)36(49)24-26-48(40)44(29-15-7-4-8-16-29,30-17-9-5-10-18-30)31-19-11-6-12-20-31/h4-22,27,36-37,40-41,49-50H,23-26,28H2,1-3H3,(H,51,52). The lowest BCUT2D eigenvalue weighted by Crippen LogP contribution is -2.60. The Morgan fingerprint density at radius 1 is 0.800 bits per heavy atom. The molecule has 55 heavy (non-hydrogen) atoms. The second kappa shape index (κ2) is 17.1. The van der Waals surface area contributed by atoms with Crippen molar-refractivity contribution in [2.75, 3.05) is 40.8 Å². The number of esters is 1. The van der Waals surface area contributed by atoms with Gasteiger partial charge in [-0.1, -0.05) is 121 Å². The van der Waals surface area contributed by atoms with E-state index in [0.29, 0.717) is 16.2 Å². The highest BCUT2D eigenvalue weighted by atomic mass is 35.5. The number of hydrogen-bond donors (Lipinski definition) is 3. The van der Waals surface area contributed by atoms with Crippen molar-refractivity contribution >= 4 is 29.4 Å². The fourth-order valence-corrected chi connectivity index (χ4v) is 8.50. The van der Waals surface area contributed by atoms with Crippen LogP contribution in [0.3, 0.4) is 0 Å². The van der Waals surface area contributed by atoms with E-state index in [-0.39, 0.29) is 43.6 Å². The van der Waals surface area contributed by atoms with E-state index in [1.165, 1.54) is 12.0 Å². The highest BCUT2D eigenvalue weighted by Crippen LogP contribution is 2.49. The molecule has 0 aliphatic carbocycles. The maximum atomic E-state index is 14.9. The van der Waals surface area contributed by atoms with Gasteiger partial charge in [-0.05, 0) is 52.3 Å². The predicted octanol–water partition coefficient (Wildman–Crippen LogP) is 5.44. The molecule has 6 rings (SSSR count). The van der Waals surface area contributed by atoms with Crippen LogP contribution >= 0.6 is 11.6 Å². The number of carboxylic acids is 1. The maximum absolute atomic E-state index is 14.9. The average Bonchev–Trinajstić information content (AvgIpc) is 3.19. The number of likely N-dealkylation sites (N-methyl/N-ethyl adjacent to an activating group) is 1. The van der Waals surface area contributed by atoms with E-state index in [2.05, 4.69) is 4.90 Å². The van der Waals surface area contributed by atoms with E-state index in [1.54, 1.807) is 38.4 Å². The Morgan fingerprint density at radius 3 is 1.80 bits per heavy atom. The van der Waals surface area contributed by atoms with E-state index in [9.17, 15) is 29.7 Å². The van der Waals surface area contributed by atoms with Gasteiger partial charge >= 0.3 is 11.9 Å². The molecule has 1 amide bonds. The number of halogens is 1. The fourth-order valence-electron chi connectivity index (χ4n) is 8.26. The molecule has 4 aromatic carbocycles. The number of aliphatic carboxylic acids is 1. The van der Waals surface area contributed by atoms with Gasteiger partial charge in [0.15, 0.2) is 0 Å². The minimum absolute atomic E-state index is 0.0587. The molecule has 0 saturated carbocycles. The molecule has 0 bridgehead atoms. The molecule has 2 aliphatic heterocycles. The summed E-state index contributed by atoms with van der Waals surface area (Å²) < 4.78 is 5.27. The van der Waals surface area contributed by atoms with Crippen molar-refractivity contribution in [1.29, 1.82) is 0 Å². The van der Waals surface area contributed by atoms with Crippen molar-refractivity contribution in [3.05, 3.63) is 165 Å². The summed E-state index contributed by atoms with van der Waals surface area (Å²) in [5.74, 6) is -2.34. The number of carboxylic acid groups (broad SMARTS) is 1. The molecule has 0 spiro atoms. The van der Waals surface area contributed by atoms with Gasteiger partial charge in [-0.3, -0.25) is 14.6 Å². The number of likely N-dealkylation sites (tertiary alicyclic amines) is 2. The summed E-state index contributed by atoms with van der Waals surface area (Å²) in [5, 5.41) is 34.5. The second-order valence-electron chi connectivity index (χ2n) is 14.1. The van der Waals surface area contributed by atoms with Gasteiger partial charge in [0.05, 0.1) is 30.9 Å². The lowest BCUT2D eigenvalue weighted by atomic mass is 9.71. The van der Waals surface area contributed by atoms with Crippen LogP contribution in [0.2, 0.25) is 5.02 Å². The molecule has 10 nitrogen and oxygen atoms in total. The summed E-state index contributed by atoms with van der Waals surface area (Å²) >= 11 is 6.65. The molecule has 0 aromatic heterocycles. The molecular weight excluding hydrogens is 718 g/mol. The first kappa shape index (κ1) is 39.6. The molecule has 4 aromatic rings. The van der Waals surface area contributed by atoms with Crippen LogP contribution in [-0.4, -0.2) is 107 Å². The highest BCUT2D eigenvalue weighted by molar-refractivity contribution is 6.31. The van der Waals surface area contributed by atoms with Crippen LogP contribution in [0.1, 0.15) is 41.1 Å². The zero-order chi connectivity index (χ0) is 39.3. The lowest BCUT2D eigenvalue weighted by Gasteiger charge is -2.53. The normalized spacial score (nSPS) is 21.8. The topological polar surface area (TPSA) is 131 Å². The van der Waals surface area contributed by atoms with Crippen molar-refractivity contribution in [3.8, 4) is 0 Å². The van der Waals surface area contributed by atoms with E-state index >= 15 is 0 Å². The number of nitrogens with zero attached hydrogens (tertiary/aromatic N) is 3. The van der Waals surface area contributed by atoms with Gasteiger partial charge in [0, 0.05) is 50.4 Å². The molecular formula is C44H46ClN3O7. The van der Waals surface area contributed by atoms with E-state index in [1.807, 2.05) is 95.9 Å². The van der Waals surface area contributed by atoms with Crippen LogP contribution in [0.4, 0.5) is 0 Å². The number of aliphatic hydroxyl groups is 2. The third kappa shape index (κ3) is 7.74. The van der Waals surface area contributed by atoms with Crippen molar-refractivity contribution < 1.29 is 34.4 Å². The summed E-state index contributed by atoms with van der Waals surface area (Å²) in [6.45, 7) is 0.427. The molecule has 4 atom stereocenters. The van der Waals surface area contributed by atoms with Crippen molar-refractivity contribution in [3.63, 3.8) is 0 Å². The Labute approximate surface area is 326 Å². The Balaban J connectivity index is 1.70. The molecule has 11 heteroatoms. The van der Waals surface area contributed by atoms with E-state index < -0.39 is 47.7 Å². The van der Waals surface area contributed by atoms with Gasteiger partial charge in [-0.15, -0.1) is 0 Å². The Morgan fingerprint density at radius 2 is 1.31 bits per heavy atom. The summed E-state index contributed by atoms with van der Waals surface area (Å²) in [6, 6.07) is 34.2. The molecule has 286 valence electrons. The first-order chi connectivity index (χ1) is 26.5.